The van der Waals surface area contributed by atoms with Crippen LogP contribution >= 0.6 is 34.2 Å². The SMILES string of the molecule is Br.CCPP. The van der Waals surface area contributed by atoms with Gasteiger partial charge in [-0.25, -0.2) is 0 Å². The summed E-state index contributed by atoms with van der Waals surface area (Å²) in [7, 11) is 3.74. The molecule has 0 radical (unpaired) electrons. The van der Waals surface area contributed by atoms with Gasteiger partial charge in [0.25, 0.3) is 0 Å². The summed E-state index contributed by atoms with van der Waals surface area (Å²) in [6.07, 6.45) is 1.31. The molecule has 0 aliphatic rings. The van der Waals surface area contributed by atoms with E-state index < -0.39 is 0 Å². The summed E-state index contributed by atoms with van der Waals surface area (Å²) in [4.78, 5) is 0. The Morgan fingerprint density at radius 3 is 2.00 bits per heavy atom. The maximum Gasteiger partial charge on any atom is -0.0348 e. The first-order chi connectivity index (χ1) is 1.91. The Labute approximate surface area is 47.8 Å². The topological polar surface area (TPSA) is 0 Å². The predicted molar refractivity (Wildman–Crippen MR) is 38.9 cm³/mol. The highest BCUT2D eigenvalue weighted by atomic mass is 79.9. The molecule has 0 saturated heterocycles. The third-order valence-corrected chi connectivity index (χ3v) is 1.84. The van der Waals surface area contributed by atoms with Crippen LogP contribution in [0.1, 0.15) is 6.92 Å². The van der Waals surface area contributed by atoms with Crippen molar-refractivity contribution in [1.82, 2.24) is 0 Å². The molecule has 3 heteroatoms. The highest BCUT2D eigenvalue weighted by Gasteiger charge is 1.55. The van der Waals surface area contributed by atoms with Gasteiger partial charge in [-0.1, -0.05) is 6.92 Å². The van der Waals surface area contributed by atoms with Gasteiger partial charge < -0.3 is 0 Å². The van der Waals surface area contributed by atoms with Gasteiger partial charge in [0, 0.05) is 0 Å². The Morgan fingerprint density at radius 2 is 2.00 bits per heavy atom. The van der Waals surface area contributed by atoms with Gasteiger partial charge in [0.2, 0.25) is 0 Å². The van der Waals surface area contributed by atoms with E-state index in [1.54, 1.807) is 0 Å². The van der Waals surface area contributed by atoms with E-state index in [4.69, 9.17) is 0 Å². The molecule has 34 valence electrons. The van der Waals surface area contributed by atoms with Gasteiger partial charge in [0.15, 0.2) is 0 Å². The monoisotopic (exact) mass is 174 g/mol. The maximum atomic E-state index is 2.68. The standard InChI is InChI=1S/C2H8P2.BrH/c1-2-4-3;/h4H,2-3H2,1H3;1H. The van der Waals surface area contributed by atoms with Crippen LogP contribution in [0.5, 0.6) is 0 Å². The molecule has 0 nitrogen and oxygen atoms in total. The molecular weight excluding hydrogens is 166 g/mol. The van der Waals surface area contributed by atoms with Crippen molar-refractivity contribution >= 4 is 34.2 Å². The predicted octanol–water partition coefficient (Wildman–Crippen LogP) is 2.05. The Hall–Kier alpha value is 1.34. The molecule has 0 spiro atoms. The van der Waals surface area contributed by atoms with Gasteiger partial charge in [-0.05, 0) is 6.16 Å². The second-order valence-electron chi connectivity index (χ2n) is 0.558. The van der Waals surface area contributed by atoms with Crippen LogP contribution < -0.4 is 0 Å². The van der Waals surface area contributed by atoms with Crippen molar-refractivity contribution in [2.24, 2.45) is 0 Å². The average molecular weight is 175 g/mol. The molecule has 0 aromatic carbocycles. The summed E-state index contributed by atoms with van der Waals surface area (Å²) in [5.74, 6) is 0. The molecule has 0 N–H and O–H groups in total. The fourth-order valence-corrected chi connectivity index (χ4v) is 0. The van der Waals surface area contributed by atoms with E-state index in [1.165, 1.54) is 6.16 Å². The molecule has 0 rings (SSSR count). The molecule has 0 saturated carbocycles. The fourth-order valence-electron chi connectivity index (χ4n) is 0. The van der Waals surface area contributed by atoms with E-state index in [0.717, 1.165) is 8.27 Å². The van der Waals surface area contributed by atoms with E-state index in [-0.39, 0.29) is 17.0 Å². The summed E-state index contributed by atoms with van der Waals surface area (Å²) < 4.78 is 0. The fraction of sp³-hybridized carbons (Fsp3) is 1.00. The third kappa shape index (κ3) is 10.9. The lowest BCUT2D eigenvalue weighted by Gasteiger charge is -1.69. The molecule has 0 aromatic rings. The number of hydrogen-bond donors (Lipinski definition) is 0. The first kappa shape index (κ1) is 9.60. The van der Waals surface area contributed by atoms with E-state index >= 15 is 0 Å². The Kier molecular flexibility index (Phi) is 17.3. The van der Waals surface area contributed by atoms with Crippen LogP contribution in [0.15, 0.2) is 0 Å². The van der Waals surface area contributed by atoms with Crippen LogP contribution in [0.3, 0.4) is 0 Å². The van der Waals surface area contributed by atoms with Gasteiger partial charge in [-0.2, -0.15) is 0 Å². The zero-order chi connectivity index (χ0) is 3.41. The van der Waals surface area contributed by atoms with Gasteiger partial charge in [0.05, 0.1) is 0 Å². The highest BCUT2D eigenvalue weighted by Crippen LogP contribution is 2.16. The van der Waals surface area contributed by atoms with E-state index in [9.17, 15) is 0 Å². The first-order valence-corrected chi connectivity index (χ1v) is 4.37. The van der Waals surface area contributed by atoms with Crippen molar-refractivity contribution < 1.29 is 0 Å². The lowest BCUT2D eigenvalue weighted by molar-refractivity contribution is 1.53. The smallest absolute Gasteiger partial charge is 0.0348 e. The Bertz CT molecular complexity index is 9.61. The Morgan fingerprint density at radius 1 is 1.80 bits per heavy atom. The lowest BCUT2D eigenvalue weighted by atomic mass is 11.0. The van der Waals surface area contributed by atoms with E-state index in [0.29, 0.717) is 0 Å². The van der Waals surface area contributed by atoms with Crippen molar-refractivity contribution in [3.05, 3.63) is 0 Å². The zero-order valence-corrected chi connectivity index (χ0v) is 7.06. The summed E-state index contributed by atoms with van der Waals surface area (Å²) in [5, 5.41) is 0. The second kappa shape index (κ2) is 9.02. The first-order valence-electron chi connectivity index (χ1n) is 1.35. The lowest BCUT2D eigenvalue weighted by Crippen LogP contribution is -1.40. The van der Waals surface area contributed by atoms with Crippen molar-refractivity contribution in [2.45, 2.75) is 6.92 Å². The number of rotatable bonds is 1. The molecule has 0 amide bonds. The summed E-state index contributed by atoms with van der Waals surface area (Å²) >= 11 is 0. The average Bonchev–Trinajstić information content (AvgIpc) is 1.37. The van der Waals surface area contributed by atoms with Crippen LogP contribution in [-0.2, 0) is 0 Å². The molecule has 0 aliphatic heterocycles. The van der Waals surface area contributed by atoms with Crippen molar-refractivity contribution in [3.8, 4) is 0 Å². The Balaban J connectivity index is 0. The normalized spacial score (nSPS) is 8.40. The molecule has 0 fully saturated rings. The summed E-state index contributed by atoms with van der Waals surface area (Å²) in [6.45, 7) is 2.17. The maximum absolute atomic E-state index is 2.68. The minimum atomic E-state index is 0. The van der Waals surface area contributed by atoms with Crippen LogP contribution in [0, 0.1) is 0 Å². The number of hydrogen-bond acceptors (Lipinski definition) is 0. The van der Waals surface area contributed by atoms with Gasteiger partial charge in [0.1, 0.15) is 0 Å². The van der Waals surface area contributed by atoms with Crippen molar-refractivity contribution in [3.63, 3.8) is 0 Å². The summed E-state index contributed by atoms with van der Waals surface area (Å²) in [6, 6.07) is 0. The minimum absolute atomic E-state index is 0. The molecule has 0 aromatic heterocycles. The van der Waals surface area contributed by atoms with Gasteiger partial charge in [-0.3, -0.25) is 0 Å². The molecule has 2 unspecified atom stereocenters. The van der Waals surface area contributed by atoms with Crippen LogP contribution in [0.25, 0.3) is 0 Å². The van der Waals surface area contributed by atoms with Crippen molar-refractivity contribution in [1.29, 1.82) is 0 Å². The molecule has 0 aliphatic carbocycles. The van der Waals surface area contributed by atoms with Crippen LogP contribution in [0.2, 0.25) is 0 Å². The molecule has 0 heterocycles. The quantitative estimate of drug-likeness (QED) is 0.535. The van der Waals surface area contributed by atoms with Crippen LogP contribution in [-0.4, -0.2) is 6.16 Å². The molecule has 0 bridgehead atoms. The van der Waals surface area contributed by atoms with E-state index in [1.807, 2.05) is 0 Å². The van der Waals surface area contributed by atoms with Crippen molar-refractivity contribution in [2.75, 3.05) is 6.16 Å². The van der Waals surface area contributed by atoms with Gasteiger partial charge in [-0.15, -0.1) is 34.2 Å². The van der Waals surface area contributed by atoms with E-state index in [2.05, 4.69) is 15.9 Å². The minimum Gasteiger partial charge on any atom is -0.115 e. The second-order valence-corrected chi connectivity index (χ2v) is 2.90. The third-order valence-electron chi connectivity index (χ3n) is 0.204. The van der Waals surface area contributed by atoms with Crippen LogP contribution in [0.4, 0.5) is 0 Å². The molecule has 5 heavy (non-hydrogen) atoms. The zero-order valence-electron chi connectivity index (χ0n) is 3.19. The summed E-state index contributed by atoms with van der Waals surface area (Å²) in [5.41, 5.74) is 0. The highest BCUT2D eigenvalue weighted by molar-refractivity contribution is 8.93. The molecular formula is C2H9BrP2. The van der Waals surface area contributed by atoms with Gasteiger partial charge >= 0.3 is 0 Å². The molecule has 2 atom stereocenters. The number of halogens is 1. The largest absolute Gasteiger partial charge is 0.115 e.